The number of fused-ring (bicyclic) bond motifs is 10. The van der Waals surface area contributed by atoms with Gasteiger partial charge in [-0.25, -0.2) is 0 Å². The first kappa shape index (κ1) is 122. The Morgan fingerprint density at radius 2 is 0.589 bits per heavy atom. The summed E-state index contributed by atoms with van der Waals surface area (Å²) >= 11 is 0. The second kappa shape index (κ2) is 51.0. The van der Waals surface area contributed by atoms with Gasteiger partial charge in [0.05, 0.1) is 63.3 Å². The molecule has 18 heteroatoms. The van der Waals surface area contributed by atoms with E-state index in [4.69, 9.17) is 52.1 Å². The van der Waals surface area contributed by atoms with Crippen molar-refractivity contribution < 1.29 is 85.7 Å². The van der Waals surface area contributed by atoms with E-state index in [1.807, 2.05) is 132 Å². The number of hydrogen-bond donors (Lipinski definition) is 0. The van der Waals surface area contributed by atoms with Gasteiger partial charge >= 0.3 is 41.8 Å². The smallest absolute Gasteiger partial charge is 0.313 e. The highest BCUT2D eigenvalue weighted by atomic mass is 16.7. The average molecular weight is 2050 g/mol. The van der Waals surface area contributed by atoms with Crippen molar-refractivity contribution in [3.05, 3.63) is 0 Å². The SMILES string of the molecule is CCC(C)(C)C(=O)OC(OC1C2CC3CC(C2)CC1C3)C(C)C.CCC(C)(C)C(=O)OC(OC1CC2CC1C1CCCC21)C(C)C.CCC(C)(C)C(=O)OC(OCC12CC3CC(CC(C3)C1)C2)C(C)C.CCC(C)(C)C(=O)OC1(C(C)C)C2CC3CC(C2)CC1C3.CCC(C)(C)C(=O)OC1(C(C)C)CCCC1.CCC(C)(C)C(=O)OC1(C(C)C)CCCCC1.CCC(C)C(=O)OC(OC1CC2CC1C1CCCC21)C(C)C. The molecule has 20 saturated carbocycles. The molecule has 842 valence electrons. The molecule has 20 rings (SSSR count). The van der Waals surface area contributed by atoms with Crippen LogP contribution >= 0.6 is 0 Å². The number of carbonyl (C=O) groups is 7. The molecule has 0 amide bonds. The van der Waals surface area contributed by atoms with Crippen LogP contribution < -0.4 is 0 Å². The zero-order chi connectivity index (χ0) is 108. The molecular formula is C128H222O18. The molecule has 0 radical (unpaired) electrons. The molecule has 15 unspecified atom stereocenters. The van der Waals surface area contributed by atoms with Crippen molar-refractivity contribution in [2.45, 2.75) is 565 Å². The number of esters is 7. The van der Waals surface area contributed by atoms with Crippen LogP contribution in [0.1, 0.15) is 505 Å². The molecule has 18 nitrogen and oxygen atoms in total. The van der Waals surface area contributed by atoms with Gasteiger partial charge in [-0.3, -0.25) is 33.6 Å². The van der Waals surface area contributed by atoms with Crippen molar-refractivity contribution in [1.82, 2.24) is 0 Å². The number of carbonyl (C=O) groups excluding carboxylic acids is 7. The summed E-state index contributed by atoms with van der Waals surface area (Å²) in [6.07, 6.45) is 50.6. The molecule has 20 aliphatic rings. The predicted molar refractivity (Wildman–Crippen MR) is 585 cm³/mol. The van der Waals surface area contributed by atoms with E-state index in [-0.39, 0.29) is 111 Å². The summed E-state index contributed by atoms with van der Waals surface area (Å²) in [5, 5.41) is 0. The fraction of sp³-hybridized carbons (Fsp3) is 0.945. The van der Waals surface area contributed by atoms with Crippen LogP contribution in [0.2, 0.25) is 0 Å². The first-order valence-electron chi connectivity index (χ1n) is 61.5. The molecule has 0 aromatic rings. The van der Waals surface area contributed by atoms with Gasteiger partial charge in [0.25, 0.3) is 0 Å². The first-order valence-corrected chi connectivity index (χ1v) is 61.5. The lowest BCUT2D eigenvalue weighted by Gasteiger charge is -2.62. The maximum absolute atomic E-state index is 12.8. The van der Waals surface area contributed by atoms with Crippen molar-refractivity contribution >= 4 is 41.8 Å². The van der Waals surface area contributed by atoms with Crippen molar-refractivity contribution in [3.63, 3.8) is 0 Å². The Morgan fingerprint density at radius 1 is 0.288 bits per heavy atom. The lowest BCUT2D eigenvalue weighted by Crippen LogP contribution is -2.63. The van der Waals surface area contributed by atoms with Crippen LogP contribution in [0.4, 0.5) is 0 Å². The molecule has 0 aromatic heterocycles. The van der Waals surface area contributed by atoms with Crippen LogP contribution in [-0.4, -0.2) is 109 Å². The van der Waals surface area contributed by atoms with Gasteiger partial charge in [-0.05, 0) is 469 Å². The van der Waals surface area contributed by atoms with Crippen molar-refractivity contribution in [1.29, 1.82) is 0 Å². The third-order valence-electron chi connectivity index (χ3n) is 42.6. The minimum Gasteiger partial charge on any atom is -0.458 e. The zero-order valence-corrected chi connectivity index (χ0v) is 99.9. The van der Waals surface area contributed by atoms with E-state index in [1.54, 1.807) is 0 Å². The molecule has 20 aliphatic carbocycles. The molecule has 0 spiro atoms. The first-order chi connectivity index (χ1) is 68.3. The van der Waals surface area contributed by atoms with E-state index >= 15 is 0 Å². The van der Waals surface area contributed by atoms with Crippen molar-refractivity contribution in [2.75, 3.05) is 6.61 Å². The second-order valence-electron chi connectivity index (χ2n) is 57.9. The molecule has 0 saturated heterocycles. The highest BCUT2D eigenvalue weighted by Gasteiger charge is 2.63. The lowest BCUT2D eigenvalue weighted by molar-refractivity contribution is -0.241. The largest absolute Gasteiger partial charge is 0.458 e. The quantitative estimate of drug-likeness (QED) is 0.0320. The van der Waals surface area contributed by atoms with Gasteiger partial charge in [-0.2, -0.15) is 0 Å². The fourth-order valence-corrected chi connectivity index (χ4v) is 30.8. The normalized spacial score (nSPS) is 34.1. The van der Waals surface area contributed by atoms with Gasteiger partial charge in [-0.15, -0.1) is 0 Å². The monoisotopic (exact) mass is 2050 g/mol. The van der Waals surface area contributed by atoms with E-state index < -0.39 is 35.1 Å². The highest BCUT2D eigenvalue weighted by molar-refractivity contribution is 5.79. The Bertz CT molecular complexity index is 4030. The van der Waals surface area contributed by atoms with Crippen LogP contribution in [0.5, 0.6) is 0 Å². The average Bonchev–Trinajstić information content (AvgIpc) is 0.947. The van der Waals surface area contributed by atoms with Crippen LogP contribution in [0.15, 0.2) is 0 Å². The third kappa shape index (κ3) is 29.1. The number of ether oxygens (including phenoxy) is 11. The highest BCUT2D eigenvalue weighted by Crippen LogP contribution is 2.66. The second-order valence-corrected chi connectivity index (χ2v) is 57.9. The summed E-state index contributed by atoms with van der Waals surface area (Å²) in [5.41, 5.74) is -2.50. The van der Waals surface area contributed by atoms with E-state index in [9.17, 15) is 33.6 Å². The Labute approximate surface area is 891 Å². The number of hydrogen-bond acceptors (Lipinski definition) is 18. The van der Waals surface area contributed by atoms with Crippen molar-refractivity contribution in [2.24, 2.45) is 198 Å². The summed E-state index contributed by atoms with van der Waals surface area (Å²) in [5.74, 6) is 17.6. The molecule has 146 heavy (non-hydrogen) atoms. The Morgan fingerprint density at radius 3 is 0.918 bits per heavy atom. The standard InChI is InChI=1S/C21H36O3.2C20H34O3.C19H32O3.C19H32O2.C15H28O2.C14H26O2/c1-6-20(4,5)19(22)24-18(14(2)3)23-13-21-10-15-7-16(11-21)9-17(8-15)12-21;1-6-20(4,5)19(21)23-18(12(2)3)22-17-15-8-13-7-14(10-15)11-16(17)9-13;1-6-20(4,5)19(21)23-18(12(2)3)22-17-11-13-10-16(17)15-9-7-8-14(13)15;1-5-12(4)18(20)22-19(11(2)3)21-17-10-13-9-16(17)15-8-6-7-14(13)15;1-6-18(4,5)17(20)21-19(12(2)3)15-8-13-7-14(10-15)11-16(19)9-13;1-6-14(4,5)13(16)17-15(12(2)3)10-8-7-9-11-15;1-6-13(4,5)12(15)16-14(11(2)3)9-7-8-10-14/h14-18H,6-13H2,1-5H3;2*12-18H,6-11H2,1-5H3;11-17,19H,5-10H2,1-4H3;12-16H,6-11H2,1-5H3;12H,6-11H2,1-5H3;11H,6-10H2,1-5H3. The maximum atomic E-state index is 12.8. The fourth-order valence-electron chi connectivity index (χ4n) is 30.8. The maximum Gasteiger partial charge on any atom is 0.313 e. The number of rotatable bonds is 37. The van der Waals surface area contributed by atoms with Crippen LogP contribution in [-0.2, 0) is 85.7 Å². The van der Waals surface area contributed by atoms with Crippen molar-refractivity contribution in [3.8, 4) is 0 Å². The summed E-state index contributed by atoms with van der Waals surface area (Å²) in [6.45, 7) is 70.6. The molecule has 20 fully saturated rings. The molecule has 0 aliphatic heterocycles. The lowest BCUT2D eigenvalue weighted by atomic mass is 9.47. The van der Waals surface area contributed by atoms with Gasteiger partial charge < -0.3 is 52.1 Å². The van der Waals surface area contributed by atoms with Crippen LogP contribution in [0.3, 0.4) is 0 Å². The molecule has 0 N–H and O–H groups in total. The molecule has 16 bridgehead atoms. The summed E-state index contributed by atoms with van der Waals surface area (Å²) in [4.78, 5) is 86.6. The van der Waals surface area contributed by atoms with E-state index in [2.05, 4.69) is 104 Å². The minimum absolute atomic E-state index is 0.0180. The molecule has 0 heterocycles. The Kier molecular flexibility index (Phi) is 42.7. The summed E-state index contributed by atoms with van der Waals surface area (Å²) < 4.78 is 66.7. The van der Waals surface area contributed by atoms with E-state index in [0.29, 0.717) is 71.1 Å². The Hall–Kier alpha value is -3.87. The van der Waals surface area contributed by atoms with E-state index in [0.717, 1.165) is 160 Å². The topological polar surface area (TPSA) is 221 Å². The Balaban J connectivity index is 0.000000163. The molecule has 15 atom stereocenters. The summed E-state index contributed by atoms with van der Waals surface area (Å²) in [7, 11) is 0. The zero-order valence-electron chi connectivity index (χ0n) is 99.9. The van der Waals surface area contributed by atoms with Gasteiger partial charge in [0.2, 0.25) is 25.2 Å². The summed E-state index contributed by atoms with van der Waals surface area (Å²) in [6, 6.07) is 0. The predicted octanol–water partition coefficient (Wildman–Crippen LogP) is 32.2. The van der Waals surface area contributed by atoms with Gasteiger partial charge in [0.15, 0.2) is 0 Å². The minimum atomic E-state index is -0.433. The van der Waals surface area contributed by atoms with E-state index in [1.165, 1.54) is 199 Å². The van der Waals surface area contributed by atoms with Gasteiger partial charge in [0, 0.05) is 23.7 Å². The van der Waals surface area contributed by atoms with Crippen LogP contribution in [0, 0.1) is 198 Å². The van der Waals surface area contributed by atoms with Crippen LogP contribution in [0.25, 0.3) is 0 Å². The van der Waals surface area contributed by atoms with Gasteiger partial charge in [0.1, 0.15) is 16.8 Å². The van der Waals surface area contributed by atoms with Gasteiger partial charge in [-0.1, -0.05) is 172 Å². The third-order valence-corrected chi connectivity index (χ3v) is 42.6. The molecular weight excluding hydrogens is 1830 g/mol. The molecule has 0 aromatic carbocycles.